The summed E-state index contributed by atoms with van der Waals surface area (Å²) in [5.41, 5.74) is 6.75. The molecule has 1 fully saturated rings. The maximum absolute atomic E-state index is 12.2. The van der Waals surface area contributed by atoms with E-state index < -0.39 is 0 Å². The summed E-state index contributed by atoms with van der Waals surface area (Å²) in [6.45, 7) is 3.35. The Hall–Kier alpha value is -2.24. The molecule has 2 rings (SSSR count). The zero-order valence-electron chi connectivity index (χ0n) is 12.2. The number of carbonyl (C=O) groups is 2. The van der Waals surface area contributed by atoms with Crippen molar-refractivity contribution in [1.82, 2.24) is 10.2 Å². The van der Waals surface area contributed by atoms with Gasteiger partial charge in [0, 0.05) is 24.8 Å². The first kappa shape index (κ1) is 15.2. The average Bonchev–Trinajstić information content (AvgIpc) is 2.48. The van der Waals surface area contributed by atoms with Gasteiger partial charge in [-0.1, -0.05) is 12.1 Å². The monoisotopic (exact) mass is 291 g/mol. The Labute approximate surface area is 124 Å². The largest absolute Gasteiger partial charge is 0.450 e. The normalized spacial score (nSPS) is 15.6. The Kier molecular flexibility index (Phi) is 5.03. The highest BCUT2D eigenvalue weighted by Gasteiger charge is 2.25. The van der Waals surface area contributed by atoms with Crippen LogP contribution >= 0.6 is 0 Å². The second-order valence-electron chi connectivity index (χ2n) is 5.02. The lowest BCUT2D eigenvalue weighted by molar-refractivity contribution is 0.0860. The van der Waals surface area contributed by atoms with Crippen LogP contribution in [0.4, 0.5) is 10.5 Å². The molecule has 3 N–H and O–H groups in total. The van der Waals surface area contributed by atoms with Crippen molar-refractivity contribution in [1.29, 1.82) is 0 Å². The van der Waals surface area contributed by atoms with E-state index >= 15 is 0 Å². The molecular formula is C15H21N3O3. The number of benzene rings is 1. The van der Waals surface area contributed by atoms with Crippen LogP contribution in [0.3, 0.4) is 0 Å². The lowest BCUT2D eigenvalue weighted by atomic mass is 10.0. The molecule has 1 aromatic carbocycles. The molecule has 1 aliphatic rings. The summed E-state index contributed by atoms with van der Waals surface area (Å²) in [4.78, 5) is 25.4. The van der Waals surface area contributed by atoms with Crippen molar-refractivity contribution < 1.29 is 14.3 Å². The van der Waals surface area contributed by atoms with E-state index in [1.165, 1.54) is 0 Å². The number of amides is 2. The number of anilines is 1. The average molecular weight is 291 g/mol. The van der Waals surface area contributed by atoms with Crippen molar-refractivity contribution in [2.24, 2.45) is 0 Å². The van der Waals surface area contributed by atoms with Gasteiger partial charge < -0.3 is 20.7 Å². The molecule has 2 amide bonds. The summed E-state index contributed by atoms with van der Waals surface area (Å²) in [6, 6.07) is 7.05. The van der Waals surface area contributed by atoms with Gasteiger partial charge in [0.05, 0.1) is 12.2 Å². The van der Waals surface area contributed by atoms with Crippen molar-refractivity contribution >= 4 is 17.7 Å². The molecule has 0 aliphatic carbocycles. The third kappa shape index (κ3) is 3.87. The molecule has 1 heterocycles. The van der Waals surface area contributed by atoms with Crippen LogP contribution in [0, 0.1) is 0 Å². The first-order valence-corrected chi connectivity index (χ1v) is 7.19. The van der Waals surface area contributed by atoms with E-state index in [2.05, 4.69) is 5.32 Å². The molecule has 0 atom stereocenters. The second kappa shape index (κ2) is 6.97. The number of ether oxygens (including phenoxy) is 1. The highest BCUT2D eigenvalue weighted by atomic mass is 16.6. The second-order valence-corrected chi connectivity index (χ2v) is 5.02. The van der Waals surface area contributed by atoms with Gasteiger partial charge in [-0.3, -0.25) is 4.79 Å². The van der Waals surface area contributed by atoms with Crippen LogP contribution in [0.25, 0.3) is 0 Å². The molecule has 21 heavy (non-hydrogen) atoms. The van der Waals surface area contributed by atoms with Gasteiger partial charge in [-0.05, 0) is 31.9 Å². The van der Waals surface area contributed by atoms with Gasteiger partial charge in [-0.2, -0.15) is 0 Å². The Morgan fingerprint density at radius 3 is 2.62 bits per heavy atom. The van der Waals surface area contributed by atoms with Crippen LogP contribution in [-0.4, -0.2) is 42.6 Å². The molecule has 6 heteroatoms. The molecule has 0 unspecified atom stereocenters. The molecule has 0 aromatic heterocycles. The predicted octanol–water partition coefficient (Wildman–Crippen LogP) is 1.62. The van der Waals surface area contributed by atoms with Crippen LogP contribution in [0.5, 0.6) is 0 Å². The minimum Gasteiger partial charge on any atom is -0.450 e. The number of hydrogen-bond donors (Lipinski definition) is 2. The Morgan fingerprint density at radius 1 is 1.33 bits per heavy atom. The fourth-order valence-corrected chi connectivity index (χ4v) is 2.39. The SMILES string of the molecule is CCOC(=O)N1CCC(NC(=O)c2ccccc2N)CC1. The van der Waals surface area contributed by atoms with E-state index in [0.29, 0.717) is 30.9 Å². The maximum Gasteiger partial charge on any atom is 0.409 e. The predicted molar refractivity (Wildman–Crippen MR) is 79.9 cm³/mol. The number of nitrogens with zero attached hydrogens (tertiary/aromatic N) is 1. The van der Waals surface area contributed by atoms with Crippen molar-refractivity contribution in [2.75, 3.05) is 25.4 Å². The van der Waals surface area contributed by atoms with Crippen LogP contribution in [0.15, 0.2) is 24.3 Å². The van der Waals surface area contributed by atoms with E-state index in [-0.39, 0.29) is 18.0 Å². The summed E-state index contributed by atoms with van der Waals surface area (Å²) in [5.74, 6) is -0.164. The molecule has 0 saturated carbocycles. The zero-order chi connectivity index (χ0) is 15.2. The summed E-state index contributed by atoms with van der Waals surface area (Å²) in [5, 5.41) is 2.97. The molecule has 6 nitrogen and oxygen atoms in total. The quantitative estimate of drug-likeness (QED) is 0.829. The van der Waals surface area contributed by atoms with Crippen LogP contribution in [0.2, 0.25) is 0 Å². The lowest BCUT2D eigenvalue weighted by Crippen LogP contribution is -2.46. The van der Waals surface area contributed by atoms with E-state index in [1.807, 2.05) is 0 Å². The van der Waals surface area contributed by atoms with E-state index in [0.717, 1.165) is 12.8 Å². The summed E-state index contributed by atoms with van der Waals surface area (Å²) >= 11 is 0. The molecule has 1 saturated heterocycles. The van der Waals surface area contributed by atoms with E-state index in [9.17, 15) is 9.59 Å². The molecular weight excluding hydrogens is 270 g/mol. The number of para-hydroxylation sites is 1. The lowest BCUT2D eigenvalue weighted by Gasteiger charge is -2.31. The first-order chi connectivity index (χ1) is 10.1. The molecule has 114 valence electrons. The van der Waals surface area contributed by atoms with Gasteiger partial charge in [0.25, 0.3) is 5.91 Å². The highest BCUT2D eigenvalue weighted by molar-refractivity contribution is 5.99. The van der Waals surface area contributed by atoms with E-state index in [1.54, 1.807) is 36.1 Å². The number of piperidine rings is 1. The van der Waals surface area contributed by atoms with Gasteiger partial charge in [-0.25, -0.2) is 4.79 Å². The topological polar surface area (TPSA) is 84.7 Å². The van der Waals surface area contributed by atoms with Crippen LogP contribution in [-0.2, 0) is 4.74 Å². The highest BCUT2D eigenvalue weighted by Crippen LogP contribution is 2.14. The van der Waals surface area contributed by atoms with Crippen molar-refractivity contribution in [3.63, 3.8) is 0 Å². The third-order valence-corrected chi connectivity index (χ3v) is 3.56. The Morgan fingerprint density at radius 2 is 2.00 bits per heavy atom. The minimum absolute atomic E-state index is 0.0581. The number of nitrogens with one attached hydrogen (secondary N) is 1. The number of likely N-dealkylation sites (tertiary alicyclic amines) is 1. The van der Waals surface area contributed by atoms with Gasteiger partial charge in [0.2, 0.25) is 0 Å². The van der Waals surface area contributed by atoms with Crippen molar-refractivity contribution in [3.05, 3.63) is 29.8 Å². The Balaban J connectivity index is 1.85. The van der Waals surface area contributed by atoms with Gasteiger partial charge >= 0.3 is 6.09 Å². The van der Waals surface area contributed by atoms with Gasteiger partial charge in [0.15, 0.2) is 0 Å². The van der Waals surface area contributed by atoms with Gasteiger partial charge in [-0.15, -0.1) is 0 Å². The molecule has 0 radical (unpaired) electrons. The molecule has 0 spiro atoms. The number of nitrogen functional groups attached to an aromatic ring is 1. The third-order valence-electron chi connectivity index (χ3n) is 3.56. The van der Waals surface area contributed by atoms with Crippen LogP contribution < -0.4 is 11.1 Å². The fraction of sp³-hybridized carbons (Fsp3) is 0.467. The van der Waals surface area contributed by atoms with Crippen LogP contribution in [0.1, 0.15) is 30.1 Å². The fourth-order valence-electron chi connectivity index (χ4n) is 2.39. The summed E-state index contributed by atoms with van der Waals surface area (Å²) in [7, 11) is 0. The standard InChI is InChI=1S/C15H21N3O3/c1-2-21-15(20)18-9-7-11(8-10-18)17-14(19)12-5-3-4-6-13(12)16/h3-6,11H,2,7-10,16H2,1H3,(H,17,19). The molecule has 0 bridgehead atoms. The van der Waals surface area contributed by atoms with E-state index in [4.69, 9.17) is 10.5 Å². The number of rotatable bonds is 3. The number of carbonyl (C=O) groups excluding carboxylic acids is 2. The van der Waals surface area contributed by atoms with Crippen molar-refractivity contribution in [3.8, 4) is 0 Å². The first-order valence-electron chi connectivity index (χ1n) is 7.19. The molecule has 1 aliphatic heterocycles. The number of nitrogens with two attached hydrogens (primary N) is 1. The van der Waals surface area contributed by atoms with Crippen molar-refractivity contribution in [2.45, 2.75) is 25.8 Å². The minimum atomic E-state index is -0.283. The summed E-state index contributed by atoms with van der Waals surface area (Å²) < 4.78 is 4.97. The maximum atomic E-state index is 12.2. The zero-order valence-corrected chi connectivity index (χ0v) is 12.2. The summed E-state index contributed by atoms with van der Waals surface area (Å²) in [6.07, 6.45) is 1.16. The molecule has 1 aromatic rings. The Bertz CT molecular complexity index is 511. The van der Waals surface area contributed by atoms with Gasteiger partial charge in [0.1, 0.15) is 0 Å². The smallest absolute Gasteiger partial charge is 0.409 e. The number of hydrogen-bond acceptors (Lipinski definition) is 4.